The number of hydrogen-bond acceptors (Lipinski definition) is 9. The molecule has 0 spiro atoms. The first-order valence-electron chi connectivity index (χ1n) is 19.2. The van der Waals surface area contributed by atoms with Gasteiger partial charge in [-0.3, -0.25) is 42.5 Å². The Balaban J connectivity index is 1.07. The van der Waals surface area contributed by atoms with Crippen LogP contribution in [-0.2, 0) is 0 Å². The third kappa shape index (κ3) is 5.48. The Bertz CT molecular complexity index is 1060. The normalized spacial score (nSPS) is 55.8. The Labute approximate surface area is 276 Å². The highest BCUT2D eigenvalue weighted by molar-refractivity contribution is 6.21. The van der Waals surface area contributed by atoms with Crippen LogP contribution >= 0.6 is 11.6 Å². The molecule has 9 aliphatic rings. The summed E-state index contributed by atoms with van der Waals surface area (Å²) >= 11 is 7.34. The van der Waals surface area contributed by atoms with Gasteiger partial charge < -0.3 is 5.32 Å². The van der Waals surface area contributed by atoms with Crippen LogP contribution in [0.4, 0.5) is 0 Å². The van der Waals surface area contributed by atoms with Gasteiger partial charge in [0, 0.05) is 29.8 Å². The molecule has 0 aromatic rings. The topological polar surface area (TPSA) is 108 Å². The predicted molar refractivity (Wildman–Crippen MR) is 180 cm³/mol. The number of hydrogen-bond donors (Lipinski definition) is 9. The average Bonchev–Trinajstić information content (AvgIpc) is 3.80. The monoisotopic (exact) mass is 641 g/mol. The van der Waals surface area contributed by atoms with Crippen molar-refractivity contribution in [2.75, 3.05) is 6.54 Å². The molecule has 0 aromatic carbocycles. The lowest BCUT2D eigenvalue weighted by Crippen LogP contribution is -2.62. The smallest absolute Gasteiger partial charge is 0.0644 e. The van der Waals surface area contributed by atoms with Gasteiger partial charge in [-0.05, 0) is 86.9 Å². The van der Waals surface area contributed by atoms with E-state index in [1.54, 1.807) is 0 Å². The third-order valence-corrected chi connectivity index (χ3v) is 14.9. The van der Waals surface area contributed by atoms with Gasteiger partial charge in [0.25, 0.3) is 0 Å². The minimum absolute atomic E-state index is 0.171. The maximum absolute atomic E-state index is 7.34. The standard InChI is InChI=1S/C35H60ClN9/c1-2-17-37-25-16-15-24(36)26-27(25)35-44-33-23-14-8-6-12-21(23)31(42-33)40-29-19-10-4-3-9-18(19)28(38-29)39-30-20-11-5-7-13-22(20)32(41-30)43-34(26)45-35/h2,18-35,37-45H,1,3-17H2. The fourth-order valence-electron chi connectivity index (χ4n) is 12.5. The molecule has 9 nitrogen and oxygen atoms in total. The summed E-state index contributed by atoms with van der Waals surface area (Å²) in [6, 6.07) is 0.427. The van der Waals surface area contributed by atoms with Gasteiger partial charge in [-0.15, -0.1) is 18.2 Å². The Kier molecular flexibility index (Phi) is 8.77. The van der Waals surface area contributed by atoms with E-state index in [1.807, 2.05) is 6.08 Å². The highest BCUT2D eigenvalue weighted by atomic mass is 35.5. The zero-order chi connectivity index (χ0) is 30.1. The van der Waals surface area contributed by atoms with Gasteiger partial charge >= 0.3 is 0 Å². The number of fused-ring (bicyclic) bond motifs is 20. The molecule has 5 saturated heterocycles. The molecule has 5 aliphatic heterocycles. The summed E-state index contributed by atoms with van der Waals surface area (Å²) < 4.78 is 0. The number of halogens is 1. The highest BCUT2D eigenvalue weighted by Gasteiger charge is 2.57. The van der Waals surface area contributed by atoms with E-state index in [0.717, 1.165) is 19.4 Å². The largest absolute Gasteiger partial charge is 0.310 e. The molecule has 0 amide bonds. The first-order chi connectivity index (χ1) is 22.2. The molecule has 45 heavy (non-hydrogen) atoms. The lowest BCUT2D eigenvalue weighted by molar-refractivity contribution is 0.146. The molecule has 18 unspecified atom stereocenters. The van der Waals surface area contributed by atoms with Crippen molar-refractivity contribution in [2.45, 2.75) is 151 Å². The molecular formula is C35H60ClN9. The summed E-state index contributed by atoms with van der Waals surface area (Å²) in [6.07, 6.45) is 22.8. The minimum atomic E-state index is 0.171. The van der Waals surface area contributed by atoms with E-state index in [-0.39, 0.29) is 17.7 Å². The van der Waals surface area contributed by atoms with Gasteiger partial charge in [-0.2, -0.15) is 0 Å². The van der Waals surface area contributed by atoms with Crippen molar-refractivity contribution in [1.82, 2.24) is 47.9 Å². The van der Waals surface area contributed by atoms with Crippen LogP contribution < -0.4 is 47.9 Å². The molecule has 0 aromatic heterocycles. The van der Waals surface area contributed by atoms with Crippen LogP contribution in [0.1, 0.15) is 89.9 Å². The molecule has 0 radical (unpaired) electrons. The number of alkyl halides is 1. The summed E-state index contributed by atoms with van der Waals surface area (Å²) in [7, 11) is 0. The molecule has 9 N–H and O–H groups in total. The van der Waals surface area contributed by atoms with Crippen molar-refractivity contribution < 1.29 is 0 Å². The molecule has 9 rings (SSSR count). The van der Waals surface area contributed by atoms with Crippen LogP contribution in [0.2, 0.25) is 0 Å². The second-order valence-electron chi connectivity index (χ2n) is 16.5. The van der Waals surface area contributed by atoms with E-state index in [1.165, 1.54) is 77.0 Å². The van der Waals surface area contributed by atoms with Crippen LogP contribution in [0.3, 0.4) is 0 Å². The van der Waals surface area contributed by atoms with Gasteiger partial charge in [0.2, 0.25) is 0 Å². The average molecular weight is 642 g/mol. The quantitative estimate of drug-likeness (QED) is 0.170. The van der Waals surface area contributed by atoms with E-state index in [2.05, 4.69) is 54.4 Å². The van der Waals surface area contributed by atoms with Crippen LogP contribution in [0, 0.1) is 47.3 Å². The van der Waals surface area contributed by atoms with Gasteiger partial charge in [0.15, 0.2) is 0 Å². The van der Waals surface area contributed by atoms with Crippen molar-refractivity contribution in [1.29, 1.82) is 0 Å². The van der Waals surface area contributed by atoms with Crippen LogP contribution in [0.5, 0.6) is 0 Å². The maximum atomic E-state index is 7.34. The zero-order valence-corrected chi connectivity index (χ0v) is 27.9. The molecule has 252 valence electrons. The van der Waals surface area contributed by atoms with Crippen molar-refractivity contribution >= 4 is 11.6 Å². The summed E-state index contributed by atoms with van der Waals surface area (Å²) in [6.45, 7) is 4.88. The van der Waals surface area contributed by atoms with E-state index < -0.39 is 0 Å². The van der Waals surface area contributed by atoms with Crippen molar-refractivity contribution in [3.05, 3.63) is 12.7 Å². The van der Waals surface area contributed by atoms with E-state index >= 15 is 0 Å². The zero-order valence-electron chi connectivity index (χ0n) is 27.2. The first kappa shape index (κ1) is 30.7. The number of nitrogens with one attached hydrogen (secondary N) is 9. The highest BCUT2D eigenvalue weighted by Crippen LogP contribution is 2.46. The van der Waals surface area contributed by atoms with E-state index in [9.17, 15) is 0 Å². The molecule has 4 saturated carbocycles. The van der Waals surface area contributed by atoms with Crippen LogP contribution in [-0.4, -0.2) is 67.3 Å². The van der Waals surface area contributed by atoms with Crippen LogP contribution in [0.15, 0.2) is 12.7 Å². The van der Waals surface area contributed by atoms with Gasteiger partial charge in [0.05, 0.1) is 49.3 Å². The summed E-state index contributed by atoms with van der Waals surface area (Å²) in [5.74, 6) is 4.87. The fourth-order valence-corrected chi connectivity index (χ4v) is 12.9. The molecule has 5 heterocycles. The number of rotatable bonds is 3. The molecule has 10 heteroatoms. The van der Waals surface area contributed by atoms with E-state index in [0.29, 0.717) is 90.4 Å². The Morgan fingerprint density at radius 3 is 1.18 bits per heavy atom. The summed E-state index contributed by atoms with van der Waals surface area (Å²) in [4.78, 5) is 0. The van der Waals surface area contributed by atoms with Crippen LogP contribution in [0.25, 0.3) is 0 Å². The molecule has 4 aliphatic carbocycles. The SMILES string of the molecule is C=CCNC1CCC(Cl)C2C3NC4NC(NC5NC(NC6NC(NC(N3)C12)C1CCCCC61)C1CCCCC51)C1CCCCC41. The predicted octanol–water partition coefficient (Wildman–Crippen LogP) is 2.58. The fraction of sp³-hybridized carbons (Fsp3) is 0.943. The van der Waals surface area contributed by atoms with Gasteiger partial charge in [-0.1, -0.05) is 44.6 Å². The maximum Gasteiger partial charge on any atom is 0.0644 e. The second-order valence-corrected chi connectivity index (χ2v) is 17.1. The lowest BCUT2D eigenvalue weighted by Gasteiger charge is -2.42. The summed E-state index contributed by atoms with van der Waals surface area (Å²) in [5, 5.41) is 37.8. The Morgan fingerprint density at radius 1 is 0.467 bits per heavy atom. The lowest BCUT2D eigenvalue weighted by atomic mass is 9.74. The molecule has 9 fully saturated rings. The second kappa shape index (κ2) is 12.8. The molecule has 8 bridgehead atoms. The summed E-state index contributed by atoms with van der Waals surface area (Å²) in [5.41, 5.74) is 0. The minimum Gasteiger partial charge on any atom is -0.310 e. The first-order valence-corrected chi connectivity index (χ1v) is 19.7. The molecular weight excluding hydrogens is 582 g/mol. The van der Waals surface area contributed by atoms with Crippen molar-refractivity contribution in [3.8, 4) is 0 Å². The van der Waals surface area contributed by atoms with Crippen molar-refractivity contribution in [3.63, 3.8) is 0 Å². The molecule has 18 atom stereocenters. The van der Waals surface area contributed by atoms with Crippen molar-refractivity contribution in [2.24, 2.45) is 47.3 Å². The Morgan fingerprint density at radius 2 is 0.800 bits per heavy atom. The van der Waals surface area contributed by atoms with E-state index in [4.69, 9.17) is 11.6 Å². The van der Waals surface area contributed by atoms with Gasteiger partial charge in [0.1, 0.15) is 0 Å². The third-order valence-electron chi connectivity index (χ3n) is 14.4. The van der Waals surface area contributed by atoms with Gasteiger partial charge in [-0.25, -0.2) is 0 Å². The Hall–Kier alpha value is -0.330.